The minimum absolute atomic E-state index is 0.0733. The van der Waals surface area contributed by atoms with E-state index in [9.17, 15) is 9.18 Å². The van der Waals surface area contributed by atoms with E-state index in [4.69, 9.17) is 4.74 Å². The number of benzene rings is 1. The summed E-state index contributed by atoms with van der Waals surface area (Å²) in [6.45, 7) is 1.60. The number of rotatable bonds is 4. The van der Waals surface area contributed by atoms with Crippen molar-refractivity contribution in [2.75, 3.05) is 7.11 Å². The summed E-state index contributed by atoms with van der Waals surface area (Å²) in [6.07, 6.45) is 0.0733. The van der Waals surface area contributed by atoms with Crippen LogP contribution in [0.3, 0.4) is 0 Å². The molecule has 82 valence electrons. The Balaban J connectivity index is 3.11. The number of ether oxygens (including phenoxy) is 1. The Morgan fingerprint density at radius 3 is 2.67 bits per heavy atom. The van der Waals surface area contributed by atoms with E-state index in [-0.39, 0.29) is 12.0 Å². The maximum Gasteiger partial charge on any atom is 0.227 e. The molecule has 1 rings (SSSR count). The fraction of sp³-hybridized carbons (Fsp3) is 0.364. The molecule has 0 N–H and O–H groups in total. The van der Waals surface area contributed by atoms with Gasteiger partial charge >= 0.3 is 0 Å². The summed E-state index contributed by atoms with van der Waals surface area (Å²) >= 11 is 2.77. The normalized spacial score (nSPS) is 14.4. The Bertz CT molecular complexity index is 363. The van der Waals surface area contributed by atoms with Crippen molar-refractivity contribution in [2.45, 2.75) is 17.9 Å². The third-order valence-corrected chi connectivity index (χ3v) is 3.05. The van der Waals surface area contributed by atoms with E-state index in [1.807, 2.05) is 0 Å². The minimum atomic E-state index is -2.01. The van der Waals surface area contributed by atoms with Gasteiger partial charge in [0.2, 0.25) is 10.4 Å². The lowest BCUT2D eigenvalue weighted by molar-refractivity contribution is 0.0840. The van der Waals surface area contributed by atoms with Crippen LogP contribution in [0.1, 0.15) is 23.7 Å². The highest BCUT2D eigenvalue weighted by Crippen LogP contribution is 2.32. The van der Waals surface area contributed by atoms with Crippen LogP contribution in [0.2, 0.25) is 0 Å². The molecule has 0 fully saturated rings. The SMILES string of the molecule is CC[C@](F)(Br)C(=O)c1ccccc1OC. The zero-order chi connectivity index (χ0) is 11.5. The topological polar surface area (TPSA) is 26.3 Å². The van der Waals surface area contributed by atoms with Crippen LogP contribution in [0.15, 0.2) is 24.3 Å². The van der Waals surface area contributed by atoms with Crippen LogP contribution in [0, 0.1) is 0 Å². The largest absolute Gasteiger partial charge is 0.496 e. The maximum atomic E-state index is 13.7. The van der Waals surface area contributed by atoms with Gasteiger partial charge in [-0.3, -0.25) is 4.79 Å². The fourth-order valence-electron chi connectivity index (χ4n) is 1.19. The van der Waals surface area contributed by atoms with Crippen molar-refractivity contribution in [2.24, 2.45) is 0 Å². The van der Waals surface area contributed by atoms with Gasteiger partial charge in [0, 0.05) is 0 Å². The molecule has 15 heavy (non-hydrogen) atoms. The summed E-state index contributed by atoms with van der Waals surface area (Å²) in [7, 11) is 1.45. The summed E-state index contributed by atoms with van der Waals surface area (Å²) in [6, 6.07) is 6.59. The average molecular weight is 275 g/mol. The van der Waals surface area contributed by atoms with Crippen molar-refractivity contribution in [3.8, 4) is 5.75 Å². The molecule has 0 aromatic heterocycles. The van der Waals surface area contributed by atoms with Crippen molar-refractivity contribution in [1.82, 2.24) is 0 Å². The molecule has 1 atom stereocenters. The number of ketones is 1. The molecule has 1 aromatic rings. The van der Waals surface area contributed by atoms with Gasteiger partial charge in [-0.05, 0) is 34.5 Å². The summed E-state index contributed by atoms with van der Waals surface area (Å²) in [4.78, 5) is 11.8. The highest BCUT2D eigenvalue weighted by molar-refractivity contribution is 9.10. The van der Waals surface area contributed by atoms with Gasteiger partial charge < -0.3 is 4.74 Å². The predicted octanol–water partition coefficient (Wildman–Crippen LogP) is 3.35. The first-order chi connectivity index (χ1) is 7.03. The van der Waals surface area contributed by atoms with E-state index in [1.165, 1.54) is 7.11 Å². The third-order valence-electron chi connectivity index (χ3n) is 2.13. The quantitative estimate of drug-likeness (QED) is 0.622. The molecule has 0 bridgehead atoms. The second kappa shape index (κ2) is 4.75. The van der Waals surface area contributed by atoms with Crippen molar-refractivity contribution in [3.05, 3.63) is 29.8 Å². The molecule has 0 amide bonds. The average Bonchev–Trinajstić information content (AvgIpc) is 2.28. The lowest BCUT2D eigenvalue weighted by atomic mass is 10.0. The van der Waals surface area contributed by atoms with Gasteiger partial charge in [-0.15, -0.1) is 0 Å². The lowest BCUT2D eigenvalue weighted by Crippen LogP contribution is -2.26. The molecule has 2 nitrogen and oxygen atoms in total. The Morgan fingerprint density at radius 1 is 1.53 bits per heavy atom. The predicted molar refractivity (Wildman–Crippen MR) is 60.4 cm³/mol. The summed E-state index contributed by atoms with van der Waals surface area (Å²) in [5.74, 6) is -0.222. The van der Waals surface area contributed by atoms with E-state index in [0.717, 1.165) is 0 Å². The van der Waals surface area contributed by atoms with E-state index in [1.54, 1.807) is 31.2 Å². The maximum absolute atomic E-state index is 13.7. The number of carbonyl (C=O) groups is 1. The zero-order valence-corrected chi connectivity index (χ0v) is 10.2. The molecule has 0 spiro atoms. The van der Waals surface area contributed by atoms with Crippen LogP contribution in [0.25, 0.3) is 0 Å². The molecule has 4 heteroatoms. The van der Waals surface area contributed by atoms with E-state index < -0.39 is 10.4 Å². The number of para-hydroxylation sites is 1. The highest BCUT2D eigenvalue weighted by atomic mass is 79.9. The van der Waals surface area contributed by atoms with Crippen molar-refractivity contribution in [3.63, 3.8) is 0 Å². The first kappa shape index (κ1) is 12.2. The second-order valence-corrected chi connectivity index (χ2v) is 4.34. The van der Waals surface area contributed by atoms with Gasteiger partial charge in [0.25, 0.3) is 0 Å². The first-order valence-electron chi connectivity index (χ1n) is 4.58. The van der Waals surface area contributed by atoms with Crippen LogP contribution < -0.4 is 4.74 Å². The molecule has 0 unspecified atom stereocenters. The Labute approximate surface area is 96.6 Å². The van der Waals surface area contributed by atoms with Gasteiger partial charge in [-0.2, -0.15) is 0 Å². The van der Waals surface area contributed by atoms with Crippen LogP contribution >= 0.6 is 15.9 Å². The van der Waals surface area contributed by atoms with Crippen LogP contribution in [0.4, 0.5) is 4.39 Å². The standard InChI is InChI=1S/C11H12BrFO2/c1-3-11(12,13)10(14)8-6-4-5-7-9(8)15-2/h4-7H,3H2,1-2H3/t11-/m1/s1. The smallest absolute Gasteiger partial charge is 0.227 e. The number of halogens is 2. The van der Waals surface area contributed by atoms with Crippen LogP contribution in [-0.2, 0) is 0 Å². The molecule has 0 aliphatic carbocycles. The minimum Gasteiger partial charge on any atom is -0.496 e. The van der Waals surface area contributed by atoms with Crippen molar-refractivity contribution in [1.29, 1.82) is 0 Å². The van der Waals surface area contributed by atoms with Gasteiger partial charge in [-0.25, -0.2) is 4.39 Å². The summed E-state index contributed by atoms with van der Waals surface area (Å²) < 4.78 is 16.7. The number of alkyl halides is 2. The van der Waals surface area contributed by atoms with E-state index >= 15 is 0 Å². The van der Waals surface area contributed by atoms with Crippen molar-refractivity contribution >= 4 is 21.7 Å². The molecule has 0 radical (unpaired) electrons. The van der Waals surface area contributed by atoms with Crippen LogP contribution in [-0.4, -0.2) is 17.5 Å². The number of hydrogen-bond acceptors (Lipinski definition) is 2. The van der Waals surface area contributed by atoms with Gasteiger partial charge in [-0.1, -0.05) is 19.1 Å². The zero-order valence-electron chi connectivity index (χ0n) is 8.59. The third kappa shape index (κ3) is 2.56. The number of carbonyl (C=O) groups excluding carboxylic acids is 1. The fourth-order valence-corrected chi connectivity index (χ4v) is 1.40. The highest BCUT2D eigenvalue weighted by Gasteiger charge is 2.35. The lowest BCUT2D eigenvalue weighted by Gasteiger charge is -2.16. The molecule has 0 saturated carbocycles. The van der Waals surface area contributed by atoms with E-state index in [2.05, 4.69) is 15.9 Å². The molecular weight excluding hydrogens is 263 g/mol. The van der Waals surface area contributed by atoms with Crippen LogP contribution in [0.5, 0.6) is 5.75 Å². The molecule has 0 heterocycles. The Hall–Kier alpha value is -0.900. The molecular formula is C11H12BrFO2. The Kier molecular flexibility index (Phi) is 3.85. The first-order valence-corrected chi connectivity index (χ1v) is 5.38. The Morgan fingerprint density at radius 2 is 2.13 bits per heavy atom. The summed E-state index contributed by atoms with van der Waals surface area (Å²) in [5, 5.41) is 0. The summed E-state index contributed by atoms with van der Waals surface area (Å²) in [5.41, 5.74) is 0.251. The number of methoxy groups -OCH3 is 1. The number of hydrogen-bond donors (Lipinski definition) is 0. The molecule has 1 aromatic carbocycles. The molecule has 0 aliphatic heterocycles. The number of Topliss-reactive ketones (excluding diaryl/α,β-unsaturated/α-hetero) is 1. The monoisotopic (exact) mass is 274 g/mol. The molecule has 0 saturated heterocycles. The van der Waals surface area contributed by atoms with Crippen molar-refractivity contribution < 1.29 is 13.9 Å². The van der Waals surface area contributed by atoms with E-state index in [0.29, 0.717) is 5.75 Å². The molecule has 0 aliphatic rings. The van der Waals surface area contributed by atoms with Gasteiger partial charge in [0.15, 0.2) is 0 Å². The van der Waals surface area contributed by atoms with Gasteiger partial charge in [0.1, 0.15) is 5.75 Å². The second-order valence-electron chi connectivity index (χ2n) is 3.09. The van der Waals surface area contributed by atoms with Gasteiger partial charge in [0.05, 0.1) is 12.7 Å².